The number of nitrogens with zero attached hydrogens (tertiary/aromatic N) is 2. The zero-order chi connectivity index (χ0) is 24.5. The van der Waals surface area contributed by atoms with Crippen LogP contribution in [-0.2, 0) is 24.7 Å². The number of amides is 2. The van der Waals surface area contributed by atoms with Crippen LogP contribution in [0.3, 0.4) is 0 Å². The van der Waals surface area contributed by atoms with Gasteiger partial charge in [0.15, 0.2) is 5.54 Å². The van der Waals surface area contributed by atoms with Gasteiger partial charge in [0.1, 0.15) is 18.1 Å². The van der Waals surface area contributed by atoms with E-state index in [-0.39, 0.29) is 24.3 Å². The Bertz CT molecular complexity index is 1190. The molecule has 0 bridgehead atoms. The largest absolute Gasteiger partial charge is 0.507 e. The van der Waals surface area contributed by atoms with E-state index in [1.165, 1.54) is 16.9 Å². The number of carbonyl (C=O) groups is 3. The second-order valence-electron chi connectivity index (χ2n) is 7.90. The van der Waals surface area contributed by atoms with Gasteiger partial charge in [-0.2, -0.15) is 0 Å². The second-order valence-corrected chi connectivity index (χ2v) is 7.90. The minimum atomic E-state index is -1.78. The normalized spacial score (nSPS) is 20.8. The molecule has 1 saturated heterocycles. The third-order valence-electron chi connectivity index (χ3n) is 6.14. The van der Waals surface area contributed by atoms with Crippen LogP contribution < -0.4 is 9.64 Å². The Labute approximate surface area is 197 Å². The lowest BCUT2D eigenvalue weighted by Crippen LogP contribution is -2.52. The number of carbonyl (C=O) groups excluding carboxylic acids is 3. The number of fused-ring (bicyclic) bond motifs is 2. The summed E-state index contributed by atoms with van der Waals surface area (Å²) >= 11 is 0. The number of Topliss-reactive ketones (excluding diaryl/α,β-unsaturated/α-hetero) is 1. The van der Waals surface area contributed by atoms with Gasteiger partial charge < -0.3 is 24.4 Å². The number of benzene rings is 2. The van der Waals surface area contributed by atoms with Gasteiger partial charge in [-0.1, -0.05) is 30.9 Å². The number of hydrogen-bond acceptors (Lipinski definition) is 6. The Morgan fingerprint density at radius 3 is 2.47 bits per heavy atom. The molecule has 0 aliphatic carbocycles. The summed E-state index contributed by atoms with van der Waals surface area (Å²) in [5, 5.41) is 11.4. The van der Waals surface area contributed by atoms with Crippen molar-refractivity contribution in [2.24, 2.45) is 0 Å². The zero-order valence-corrected chi connectivity index (χ0v) is 19.1. The van der Waals surface area contributed by atoms with Crippen molar-refractivity contribution in [2.45, 2.75) is 12.5 Å². The minimum absolute atomic E-state index is 0.00378. The average molecular weight is 463 g/mol. The number of ketones is 1. The van der Waals surface area contributed by atoms with Crippen LogP contribution in [0, 0.1) is 0 Å². The fourth-order valence-corrected chi connectivity index (χ4v) is 4.67. The molecule has 1 fully saturated rings. The Morgan fingerprint density at radius 2 is 1.82 bits per heavy atom. The van der Waals surface area contributed by atoms with Crippen molar-refractivity contribution in [3.63, 3.8) is 0 Å². The molecule has 0 aromatic heterocycles. The molecule has 1 unspecified atom stereocenters. The van der Waals surface area contributed by atoms with Crippen LogP contribution in [0.5, 0.6) is 5.75 Å². The summed E-state index contributed by atoms with van der Waals surface area (Å²) < 4.78 is 10.6. The predicted octanol–water partition coefficient (Wildman–Crippen LogP) is 2.84. The summed E-state index contributed by atoms with van der Waals surface area (Å²) in [5.41, 5.74) is -0.665. The Balaban J connectivity index is 1.96. The molecular formula is C26H26N2O6. The maximum Gasteiger partial charge on any atom is 0.296 e. The number of likely N-dealkylation sites (tertiary alicyclic amines) is 1. The van der Waals surface area contributed by atoms with Crippen molar-refractivity contribution < 1.29 is 29.0 Å². The van der Waals surface area contributed by atoms with E-state index in [0.717, 1.165) is 0 Å². The molecule has 1 N–H and O–H groups in total. The molecule has 0 saturated carbocycles. The van der Waals surface area contributed by atoms with E-state index >= 15 is 0 Å². The van der Waals surface area contributed by atoms with Gasteiger partial charge >= 0.3 is 0 Å². The summed E-state index contributed by atoms with van der Waals surface area (Å²) in [5.74, 6) is -2.10. The Morgan fingerprint density at radius 1 is 1.12 bits per heavy atom. The van der Waals surface area contributed by atoms with Crippen LogP contribution >= 0.6 is 0 Å². The van der Waals surface area contributed by atoms with Gasteiger partial charge in [0.05, 0.1) is 17.9 Å². The maximum absolute atomic E-state index is 14.0. The highest BCUT2D eigenvalue weighted by Crippen LogP contribution is 2.53. The van der Waals surface area contributed by atoms with Crippen LogP contribution in [0.1, 0.15) is 18.1 Å². The molecule has 2 aromatic rings. The van der Waals surface area contributed by atoms with Crippen LogP contribution in [0.25, 0.3) is 5.76 Å². The monoisotopic (exact) mass is 462 g/mol. The third kappa shape index (κ3) is 3.30. The number of rotatable bonds is 8. The van der Waals surface area contributed by atoms with E-state index in [1.54, 1.807) is 54.6 Å². The summed E-state index contributed by atoms with van der Waals surface area (Å²) in [4.78, 5) is 43.3. The summed E-state index contributed by atoms with van der Waals surface area (Å²) in [7, 11) is 1.47. The van der Waals surface area contributed by atoms with Crippen molar-refractivity contribution in [1.29, 1.82) is 0 Å². The standard InChI is InChI=1S/C26H26N2O6/c1-4-15-34-18-12-10-17(11-13-18)22(29)21-23(30)24(31)28(14-16-33-3)26(21)19-8-6-7-9-20(19)27(5-2)25(26)32/h4,6-13,29H,1,5,14-16H2,2-3H3. The van der Waals surface area contributed by atoms with Crippen LogP contribution in [0.2, 0.25) is 0 Å². The lowest BCUT2D eigenvalue weighted by Gasteiger charge is -2.34. The molecule has 2 aliphatic heterocycles. The number of aliphatic hydroxyl groups is 1. The number of aliphatic hydroxyl groups excluding tert-OH is 1. The second kappa shape index (κ2) is 9.15. The van der Waals surface area contributed by atoms with Gasteiger partial charge in [-0.05, 0) is 37.3 Å². The van der Waals surface area contributed by atoms with Crippen molar-refractivity contribution in [3.05, 3.63) is 77.9 Å². The molecule has 8 heteroatoms. The minimum Gasteiger partial charge on any atom is -0.507 e. The number of methoxy groups -OCH3 is 1. The number of anilines is 1. The number of para-hydroxylation sites is 1. The fourth-order valence-electron chi connectivity index (χ4n) is 4.67. The highest BCUT2D eigenvalue weighted by Gasteiger charge is 2.66. The molecule has 176 valence electrons. The smallest absolute Gasteiger partial charge is 0.296 e. The van der Waals surface area contributed by atoms with Gasteiger partial charge in [-0.25, -0.2) is 0 Å². The molecule has 2 amide bonds. The summed E-state index contributed by atoms with van der Waals surface area (Å²) in [6.07, 6.45) is 1.61. The molecule has 1 atom stereocenters. The maximum atomic E-state index is 14.0. The molecular weight excluding hydrogens is 436 g/mol. The lowest BCUT2D eigenvalue weighted by molar-refractivity contribution is -0.144. The molecule has 2 aromatic carbocycles. The van der Waals surface area contributed by atoms with E-state index in [0.29, 0.717) is 30.2 Å². The third-order valence-corrected chi connectivity index (χ3v) is 6.14. The number of ether oxygens (including phenoxy) is 2. The lowest BCUT2D eigenvalue weighted by atomic mass is 9.82. The van der Waals surface area contributed by atoms with E-state index in [9.17, 15) is 19.5 Å². The highest BCUT2D eigenvalue weighted by molar-refractivity contribution is 6.50. The summed E-state index contributed by atoms with van der Waals surface area (Å²) in [6.45, 7) is 6.19. The van der Waals surface area contributed by atoms with Crippen molar-refractivity contribution >= 4 is 29.0 Å². The average Bonchev–Trinajstić information content (AvgIpc) is 3.24. The highest BCUT2D eigenvalue weighted by atomic mass is 16.5. The first-order valence-corrected chi connectivity index (χ1v) is 11.0. The molecule has 4 rings (SSSR count). The Kier molecular flexibility index (Phi) is 6.26. The SMILES string of the molecule is C=CCOc1ccc(C(O)=C2C(=O)C(=O)N(CCOC)C23C(=O)N(CC)c2ccccc23)cc1. The van der Waals surface area contributed by atoms with Crippen molar-refractivity contribution in [1.82, 2.24) is 4.90 Å². The molecule has 8 nitrogen and oxygen atoms in total. The topological polar surface area (TPSA) is 96.4 Å². The first kappa shape index (κ1) is 23.3. The predicted molar refractivity (Wildman–Crippen MR) is 126 cm³/mol. The van der Waals surface area contributed by atoms with E-state index < -0.39 is 28.9 Å². The number of likely N-dealkylation sites (N-methyl/N-ethyl adjacent to an activating group) is 1. The van der Waals surface area contributed by atoms with Crippen LogP contribution in [0.4, 0.5) is 5.69 Å². The first-order chi connectivity index (χ1) is 16.4. The molecule has 0 radical (unpaired) electrons. The van der Waals surface area contributed by atoms with Gasteiger partial charge in [-0.3, -0.25) is 14.4 Å². The van der Waals surface area contributed by atoms with Gasteiger partial charge in [0.25, 0.3) is 17.6 Å². The van der Waals surface area contributed by atoms with E-state index in [4.69, 9.17) is 9.47 Å². The van der Waals surface area contributed by atoms with Gasteiger partial charge in [-0.15, -0.1) is 0 Å². The Hall–Kier alpha value is -3.91. The van der Waals surface area contributed by atoms with E-state index in [1.807, 2.05) is 6.92 Å². The van der Waals surface area contributed by atoms with Gasteiger partial charge in [0.2, 0.25) is 0 Å². The molecule has 2 heterocycles. The number of hydrogen-bond donors (Lipinski definition) is 1. The fraction of sp³-hybridized carbons (Fsp3) is 0.269. The van der Waals surface area contributed by atoms with Gasteiger partial charge in [0, 0.05) is 31.3 Å². The first-order valence-electron chi connectivity index (χ1n) is 11.0. The summed E-state index contributed by atoms with van der Waals surface area (Å²) in [6, 6.07) is 13.4. The van der Waals surface area contributed by atoms with Crippen molar-refractivity contribution in [2.75, 3.05) is 38.3 Å². The molecule has 1 spiro atoms. The van der Waals surface area contributed by atoms with Crippen molar-refractivity contribution in [3.8, 4) is 5.75 Å². The van der Waals surface area contributed by atoms with E-state index in [2.05, 4.69) is 6.58 Å². The molecule has 2 aliphatic rings. The molecule has 34 heavy (non-hydrogen) atoms. The van der Waals surface area contributed by atoms with Crippen LogP contribution in [0.15, 0.2) is 66.8 Å². The van der Waals surface area contributed by atoms with Crippen LogP contribution in [-0.4, -0.2) is 61.0 Å². The quantitative estimate of drug-likeness (QED) is 0.281. The zero-order valence-electron chi connectivity index (χ0n) is 19.1.